The fourth-order valence-corrected chi connectivity index (χ4v) is 1.85. The summed E-state index contributed by atoms with van der Waals surface area (Å²) >= 11 is 0. The van der Waals surface area contributed by atoms with E-state index in [1.807, 2.05) is 18.2 Å². The molecule has 0 saturated carbocycles. The molecule has 0 bridgehead atoms. The number of hydrogen-bond donors (Lipinski definition) is 0. The molecule has 0 aromatic heterocycles. The highest BCUT2D eigenvalue weighted by Crippen LogP contribution is 2.08. The Kier molecular flexibility index (Phi) is 7.09. The zero-order valence-electron chi connectivity index (χ0n) is 11.6. The zero-order valence-corrected chi connectivity index (χ0v) is 11.6. The number of unbranched alkanes of at least 4 members (excludes halogenated alkanes) is 4. The van der Waals surface area contributed by atoms with Gasteiger partial charge in [-0.25, -0.2) is 0 Å². The summed E-state index contributed by atoms with van der Waals surface area (Å²) in [5.74, 6) is 0.243. The third-order valence-corrected chi connectivity index (χ3v) is 3.07. The molecule has 18 heavy (non-hydrogen) atoms. The summed E-state index contributed by atoms with van der Waals surface area (Å²) in [6, 6.07) is 8.21. The fraction of sp³-hybridized carbons (Fsp3) is 0.471. The lowest BCUT2D eigenvalue weighted by Gasteiger charge is -1.98. The first-order valence-corrected chi connectivity index (χ1v) is 7.00. The number of hydrogen-bond acceptors (Lipinski definition) is 1. The SMILES string of the molecule is CCCCCCCC(=O)C=Cc1ccc(C)cc1. The van der Waals surface area contributed by atoms with Gasteiger partial charge in [0.05, 0.1) is 0 Å². The van der Waals surface area contributed by atoms with E-state index in [2.05, 4.69) is 26.0 Å². The smallest absolute Gasteiger partial charge is 0.155 e. The maximum Gasteiger partial charge on any atom is 0.155 e. The summed E-state index contributed by atoms with van der Waals surface area (Å²) in [6.45, 7) is 4.27. The molecule has 1 aromatic rings. The Balaban J connectivity index is 2.25. The van der Waals surface area contributed by atoms with Crippen molar-refractivity contribution >= 4 is 11.9 Å². The monoisotopic (exact) mass is 244 g/mol. The lowest BCUT2D eigenvalue weighted by Crippen LogP contribution is -1.92. The highest BCUT2D eigenvalue weighted by molar-refractivity contribution is 5.93. The zero-order chi connectivity index (χ0) is 13.2. The molecule has 1 nitrogen and oxygen atoms in total. The number of aryl methyl sites for hydroxylation is 1. The number of rotatable bonds is 8. The molecule has 0 unspecified atom stereocenters. The normalized spacial score (nSPS) is 11.0. The molecule has 0 amide bonds. The van der Waals surface area contributed by atoms with E-state index in [9.17, 15) is 4.79 Å². The number of carbonyl (C=O) groups excluding carboxylic acids is 1. The first-order chi connectivity index (χ1) is 8.72. The van der Waals surface area contributed by atoms with Gasteiger partial charge in [-0.15, -0.1) is 0 Å². The predicted molar refractivity (Wildman–Crippen MR) is 78.6 cm³/mol. The van der Waals surface area contributed by atoms with Crippen molar-refractivity contribution in [3.63, 3.8) is 0 Å². The molecule has 0 aliphatic rings. The van der Waals surface area contributed by atoms with E-state index in [-0.39, 0.29) is 5.78 Å². The van der Waals surface area contributed by atoms with Crippen molar-refractivity contribution in [3.8, 4) is 0 Å². The Hall–Kier alpha value is -1.37. The molecule has 1 aromatic carbocycles. The quantitative estimate of drug-likeness (QED) is 0.467. The Labute approximate surface area is 111 Å². The molecule has 0 spiro atoms. The molecule has 0 atom stereocenters. The van der Waals surface area contributed by atoms with Crippen LogP contribution in [0.1, 0.15) is 56.6 Å². The summed E-state index contributed by atoms with van der Waals surface area (Å²) in [4.78, 5) is 11.6. The van der Waals surface area contributed by atoms with Crippen molar-refractivity contribution in [1.82, 2.24) is 0 Å². The lowest BCUT2D eigenvalue weighted by atomic mass is 10.1. The molecule has 0 saturated heterocycles. The minimum Gasteiger partial charge on any atom is -0.295 e. The van der Waals surface area contributed by atoms with Gasteiger partial charge >= 0.3 is 0 Å². The van der Waals surface area contributed by atoms with E-state index >= 15 is 0 Å². The second-order valence-corrected chi connectivity index (χ2v) is 4.87. The molecule has 0 heterocycles. The first-order valence-electron chi connectivity index (χ1n) is 7.00. The minimum atomic E-state index is 0.243. The van der Waals surface area contributed by atoms with Crippen molar-refractivity contribution in [2.75, 3.05) is 0 Å². The first kappa shape index (κ1) is 14.7. The number of allylic oxidation sites excluding steroid dienone is 1. The van der Waals surface area contributed by atoms with Crippen LogP contribution in [0.25, 0.3) is 6.08 Å². The van der Waals surface area contributed by atoms with Gasteiger partial charge in [0.2, 0.25) is 0 Å². The van der Waals surface area contributed by atoms with E-state index in [4.69, 9.17) is 0 Å². The Bertz CT molecular complexity index is 373. The average molecular weight is 244 g/mol. The lowest BCUT2D eigenvalue weighted by molar-refractivity contribution is -0.114. The van der Waals surface area contributed by atoms with Gasteiger partial charge in [-0.2, -0.15) is 0 Å². The summed E-state index contributed by atoms with van der Waals surface area (Å²) in [7, 11) is 0. The summed E-state index contributed by atoms with van der Waals surface area (Å²) in [5, 5.41) is 0. The third kappa shape index (κ3) is 6.39. The van der Waals surface area contributed by atoms with E-state index in [0.717, 1.165) is 12.0 Å². The second-order valence-electron chi connectivity index (χ2n) is 4.87. The van der Waals surface area contributed by atoms with Gasteiger partial charge in [0.25, 0.3) is 0 Å². The van der Waals surface area contributed by atoms with E-state index < -0.39 is 0 Å². The molecule has 0 N–H and O–H groups in total. The molecule has 0 aliphatic heterocycles. The van der Waals surface area contributed by atoms with Gasteiger partial charge in [0, 0.05) is 6.42 Å². The minimum absolute atomic E-state index is 0.243. The van der Waals surface area contributed by atoms with Gasteiger partial charge in [-0.05, 0) is 25.0 Å². The van der Waals surface area contributed by atoms with Gasteiger partial charge in [0.15, 0.2) is 5.78 Å². The highest BCUT2D eigenvalue weighted by Gasteiger charge is 1.97. The molecule has 1 rings (SSSR count). The van der Waals surface area contributed by atoms with Crippen LogP contribution in [0.3, 0.4) is 0 Å². The molecule has 0 aliphatic carbocycles. The van der Waals surface area contributed by atoms with Crippen molar-refractivity contribution in [3.05, 3.63) is 41.5 Å². The molecule has 1 heteroatoms. The van der Waals surface area contributed by atoms with Crippen LogP contribution in [0, 0.1) is 6.92 Å². The number of benzene rings is 1. The van der Waals surface area contributed by atoms with Crippen LogP contribution in [0.2, 0.25) is 0 Å². The number of ketones is 1. The Morgan fingerprint density at radius 1 is 1.06 bits per heavy atom. The van der Waals surface area contributed by atoms with Gasteiger partial charge < -0.3 is 0 Å². The Morgan fingerprint density at radius 2 is 1.72 bits per heavy atom. The summed E-state index contributed by atoms with van der Waals surface area (Å²) in [6.07, 6.45) is 10.3. The van der Waals surface area contributed by atoms with E-state index in [1.165, 1.54) is 31.2 Å². The van der Waals surface area contributed by atoms with Crippen molar-refractivity contribution in [1.29, 1.82) is 0 Å². The second kappa shape index (κ2) is 8.68. The van der Waals surface area contributed by atoms with Gasteiger partial charge in [0.1, 0.15) is 0 Å². The number of carbonyl (C=O) groups is 1. The van der Waals surface area contributed by atoms with Crippen LogP contribution in [0.4, 0.5) is 0 Å². The summed E-state index contributed by atoms with van der Waals surface area (Å²) in [5.41, 5.74) is 2.34. The van der Waals surface area contributed by atoms with Crippen LogP contribution >= 0.6 is 0 Å². The van der Waals surface area contributed by atoms with Crippen molar-refractivity contribution in [2.24, 2.45) is 0 Å². The molecular formula is C17H24O. The van der Waals surface area contributed by atoms with Crippen molar-refractivity contribution in [2.45, 2.75) is 52.4 Å². The van der Waals surface area contributed by atoms with Gasteiger partial charge in [-0.3, -0.25) is 4.79 Å². The van der Waals surface area contributed by atoms with Crippen LogP contribution in [-0.4, -0.2) is 5.78 Å². The third-order valence-electron chi connectivity index (χ3n) is 3.07. The van der Waals surface area contributed by atoms with Crippen molar-refractivity contribution < 1.29 is 4.79 Å². The summed E-state index contributed by atoms with van der Waals surface area (Å²) < 4.78 is 0. The maximum absolute atomic E-state index is 11.6. The standard InChI is InChI=1S/C17H24O/c1-3-4-5-6-7-8-17(18)14-13-16-11-9-15(2)10-12-16/h9-14H,3-8H2,1-2H3. The molecule has 0 radical (unpaired) electrons. The Morgan fingerprint density at radius 3 is 2.39 bits per heavy atom. The van der Waals surface area contributed by atoms with Crippen LogP contribution in [0.5, 0.6) is 0 Å². The fourth-order valence-electron chi connectivity index (χ4n) is 1.85. The largest absolute Gasteiger partial charge is 0.295 e. The maximum atomic E-state index is 11.6. The molecule has 0 fully saturated rings. The van der Waals surface area contributed by atoms with Crippen LogP contribution < -0.4 is 0 Å². The van der Waals surface area contributed by atoms with E-state index in [0.29, 0.717) is 6.42 Å². The van der Waals surface area contributed by atoms with Gasteiger partial charge in [-0.1, -0.05) is 68.5 Å². The highest BCUT2D eigenvalue weighted by atomic mass is 16.1. The topological polar surface area (TPSA) is 17.1 Å². The van der Waals surface area contributed by atoms with E-state index in [1.54, 1.807) is 6.08 Å². The van der Waals surface area contributed by atoms with Crippen LogP contribution in [0.15, 0.2) is 30.3 Å². The van der Waals surface area contributed by atoms with Crippen LogP contribution in [-0.2, 0) is 4.79 Å². The average Bonchev–Trinajstić information content (AvgIpc) is 2.38. The molecule has 98 valence electrons. The predicted octanol–water partition coefficient (Wildman–Crippen LogP) is 4.94. The molecular weight excluding hydrogens is 220 g/mol.